The first-order chi connectivity index (χ1) is 8.22. The quantitative estimate of drug-likeness (QED) is 0.829. The lowest BCUT2D eigenvalue weighted by Gasteiger charge is -2.22. The van der Waals surface area contributed by atoms with E-state index in [1.165, 1.54) is 37.9 Å². The normalized spacial score (nSPS) is 33.2. The minimum absolute atomic E-state index is 0.585. The molecule has 1 aromatic rings. The SMILES string of the molecule is CCC1CCC(n2c(C3CC3)n[nH]c2=S)C1C. The van der Waals surface area contributed by atoms with Gasteiger partial charge in [0.1, 0.15) is 5.82 Å². The van der Waals surface area contributed by atoms with Crippen LogP contribution in [-0.2, 0) is 0 Å². The standard InChI is InChI=1S/C13H21N3S/c1-3-9-6-7-11(8(9)2)16-12(10-4-5-10)14-15-13(16)17/h8-11H,3-7H2,1-2H3,(H,15,17). The van der Waals surface area contributed by atoms with Crippen LogP contribution in [-0.4, -0.2) is 14.8 Å². The zero-order valence-corrected chi connectivity index (χ0v) is 11.5. The molecule has 1 N–H and O–H groups in total. The van der Waals surface area contributed by atoms with Gasteiger partial charge in [-0.3, -0.25) is 5.10 Å². The maximum atomic E-state index is 5.43. The fourth-order valence-corrected chi connectivity index (χ4v) is 3.71. The molecule has 2 fully saturated rings. The summed E-state index contributed by atoms with van der Waals surface area (Å²) in [6, 6.07) is 0.585. The summed E-state index contributed by atoms with van der Waals surface area (Å²) >= 11 is 5.43. The third-order valence-electron chi connectivity index (χ3n) is 4.71. The average molecular weight is 251 g/mol. The Labute approximate surface area is 108 Å². The van der Waals surface area contributed by atoms with Crippen molar-refractivity contribution in [1.82, 2.24) is 14.8 Å². The number of hydrogen-bond acceptors (Lipinski definition) is 2. The molecule has 1 heterocycles. The van der Waals surface area contributed by atoms with Crippen molar-refractivity contribution >= 4 is 12.2 Å². The summed E-state index contributed by atoms with van der Waals surface area (Å²) in [5.74, 6) is 3.50. The van der Waals surface area contributed by atoms with Crippen molar-refractivity contribution in [2.24, 2.45) is 11.8 Å². The molecule has 94 valence electrons. The Bertz CT molecular complexity index is 457. The molecule has 3 nitrogen and oxygen atoms in total. The summed E-state index contributed by atoms with van der Waals surface area (Å²) in [7, 11) is 0. The zero-order valence-electron chi connectivity index (χ0n) is 10.6. The predicted octanol–water partition coefficient (Wildman–Crippen LogP) is 3.82. The van der Waals surface area contributed by atoms with Gasteiger partial charge in [-0.1, -0.05) is 20.3 Å². The summed E-state index contributed by atoms with van der Waals surface area (Å²) in [5, 5.41) is 7.46. The van der Waals surface area contributed by atoms with Crippen LogP contribution in [0, 0.1) is 16.6 Å². The highest BCUT2D eigenvalue weighted by Crippen LogP contribution is 2.46. The largest absolute Gasteiger partial charge is 0.301 e. The molecule has 3 atom stereocenters. The van der Waals surface area contributed by atoms with Crippen LogP contribution in [0.1, 0.15) is 63.7 Å². The van der Waals surface area contributed by atoms with Crippen LogP contribution in [0.3, 0.4) is 0 Å². The molecule has 2 aliphatic carbocycles. The van der Waals surface area contributed by atoms with Crippen molar-refractivity contribution in [3.8, 4) is 0 Å². The molecule has 0 saturated heterocycles. The van der Waals surface area contributed by atoms with E-state index in [9.17, 15) is 0 Å². The van der Waals surface area contributed by atoms with Crippen molar-refractivity contribution in [2.75, 3.05) is 0 Å². The van der Waals surface area contributed by atoms with Crippen LogP contribution in [0.5, 0.6) is 0 Å². The number of aromatic amines is 1. The first kappa shape index (κ1) is 11.5. The van der Waals surface area contributed by atoms with Gasteiger partial charge in [-0.25, -0.2) is 0 Å². The molecule has 17 heavy (non-hydrogen) atoms. The van der Waals surface area contributed by atoms with Gasteiger partial charge in [0.25, 0.3) is 0 Å². The van der Waals surface area contributed by atoms with Crippen LogP contribution in [0.15, 0.2) is 0 Å². The molecule has 4 heteroatoms. The van der Waals surface area contributed by atoms with Crippen LogP contribution in [0.2, 0.25) is 0 Å². The summed E-state index contributed by atoms with van der Waals surface area (Å²) in [4.78, 5) is 0. The predicted molar refractivity (Wildman–Crippen MR) is 70.6 cm³/mol. The van der Waals surface area contributed by atoms with E-state index in [2.05, 4.69) is 28.6 Å². The highest BCUT2D eigenvalue weighted by molar-refractivity contribution is 7.71. The van der Waals surface area contributed by atoms with Crippen molar-refractivity contribution in [1.29, 1.82) is 0 Å². The monoisotopic (exact) mass is 251 g/mol. The van der Waals surface area contributed by atoms with Crippen molar-refractivity contribution in [3.63, 3.8) is 0 Å². The van der Waals surface area contributed by atoms with Gasteiger partial charge in [-0.2, -0.15) is 5.10 Å². The molecule has 2 saturated carbocycles. The maximum Gasteiger partial charge on any atom is 0.195 e. The number of aromatic nitrogens is 3. The summed E-state index contributed by atoms with van der Waals surface area (Å²) in [6.07, 6.45) is 6.49. The Balaban J connectivity index is 1.93. The summed E-state index contributed by atoms with van der Waals surface area (Å²) < 4.78 is 3.17. The first-order valence-electron chi connectivity index (χ1n) is 6.89. The highest BCUT2D eigenvalue weighted by Gasteiger charge is 2.37. The van der Waals surface area contributed by atoms with Gasteiger partial charge in [0.15, 0.2) is 4.77 Å². The Kier molecular flexibility index (Phi) is 2.85. The zero-order chi connectivity index (χ0) is 12.0. The second kappa shape index (κ2) is 4.23. The van der Waals surface area contributed by atoms with Gasteiger partial charge in [-0.15, -0.1) is 0 Å². The molecular weight excluding hydrogens is 230 g/mol. The molecule has 0 aliphatic heterocycles. The van der Waals surface area contributed by atoms with E-state index in [0.29, 0.717) is 12.0 Å². The molecule has 0 spiro atoms. The fraction of sp³-hybridized carbons (Fsp3) is 0.846. The molecule has 2 aliphatic rings. The molecule has 0 aromatic carbocycles. The van der Waals surface area contributed by atoms with Gasteiger partial charge >= 0.3 is 0 Å². The van der Waals surface area contributed by atoms with Crippen molar-refractivity contribution < 1.29 is 0 Å². The van der Waals surface area contributed by atoms with E-state index in [1.807, 2.05) is 0 Å². The van der Waals surface area contributed by atoms with E-state index >= 15 is 0 Å². The van der Waals surface area contributed by atoms with Crippen molar-refractivity contribution in [2.45, 2.75) is 57.9 Å². The van der Waals surface area contributed by atoms with Gasteiger partial charge in [0.05, 0.1) is 0 Å². The molecule has 3 rings (SSSR count). The lowest BCUT2D eigenvalue weighted by atomic mass is 9.93. The molecule has 3 unspecified atom stereocenters. The van der Waals surface area contributed by atoms with Gasteiger partial charge < -0.3 is 4.57 Å². The van der Waals surface area contributed by atoms with Crippen LogP contribution >= 0.6 is 12.2 Å². The van der Waals surface area contributed by atoms with Crippen LogP contribution in [0.4, 0.5) is 0 Å². The van der Waals surface area contributed by atoms with Crippen LogP contribution in [0.25, 0.3) is 0 Å². The van der Waals surface area contributed by atoms with E-state index in [0.717, 1.165) is 16.6 Å². The van der Waals surface area contributed by atoms with Gasteiger partial charge in [0.2, 0.25) is 0 Å². The number of hydrogen-bond donors (Lipinski definition) is 1. The van der Waals surface area contributed by atoms with Gasteiger partial charge in [0, 0.05) is 12.0 Å². The second-order valence-electron chi connectivity index (χ2n) is 5.70. The molecule has 1 aromatic heterocycles. The Morgan fingerprint density at radius 2 is 2.12 bits per heavy atom. The molecule has 0 bridgehead atoms. The summed E-state index contributed by atoms with van der Waals surface area (Å²) in [6.45, 7) is 4.69. The van der Waals surface area contributed by atoms with Gasteiger partial charge in [-0.05, 0) is 49.7 Å². The molecule has 0 radical (unpaired) electrons. The van der Waals surface area contributed by atoms with E-state index < -0.39 is 0 Å². The van der Waals surface area contributed by atoms with Crippen LogP contribution < -0.4 is 0 Å². The first-order valence-corrected chi connectivity index (χ1v) is 7.30. The highest BCUT2D eigenvalue weighted by atomic mass is 32.1. The third-order valence-corrected chi connectivity index (χ3v) is 5.00. The lowest BCUT2D eigenvalue weighted by Crippen LogP contribution is -2.17. The topological polar surface area (TPSA) is 33.6 Å². The number of rotatable bonds is 3. The number of nitrogens with one attached hydrogen (secondary N) is 1. The molecule has 0 amide bonds. The Morgan fingerprint density at radius 1 is 1.35 bits per heavy atom. The Hall–Kier alpha value is -0.640. The Morgan fingerprint density at radius 3 is 2.71 bits per heavy atom. The minimum atomic E-state index is 0.585. The number of H-pyrrole nitrogens is 1. The lowest BCUT2D eigenvalue weighted by molar-refractivity contribution is 0.322. The number of nitrogens with zero attached hydrogens (tertiary/aromatic N) is 2. The minimum Gasteiger partial charge on any atom is -0.301 e. The van der Waals surface area contributed by atoms with E-state index in [1.54, 1.807) is 0 Å². The smallest absolute Gasteiger partial charge is 0.195 e. The fourth-order valence-electron chi connectivity index (χ4n) is 3.43. The second-order valence-corrected chi connectivity index (χ2v) is 6.09. The van der Waals surface area contributed by atoms with Crippen molar-refractivity contribution in [3.05, 3.63) is 10.6 Å². The van der Waals surface area contributed by atoms with E-state index in [-0.39, 0.29) is 0 Å². The molecular formula is C13H21N3S. The average Bonchev–Trinajstić information content (AvgIpc) is 3.01. The third kappa shape index (κ3) is 1.86. The maximum absolute atomic E-state index is 5.43. The summed E-state index contributed by atoms with van der Waals surface area (Å²) in [5.41, 5.74) is 0. The van der Waals surface area contributed by atoms with E-state index in [4.69, 9.17) is 12.2 Å².